The number of carbonyl (C=O) groups excluding carboxylic acids is 1. The summed E-state index contributed by atoms with van der Waals surface area (Å²) in [4.78, 5) is 17.9. The van der Waals surface area contributed by atoms with Gasteiger partial charge in [0.05, 0.1) is 5.56 Å². The summed E-state index contributed by atoms with van der Waals surface area (Å²) in [5, 5.41) is 0.309. The highest BCUT2D eigenvalue weighted by atomic mass is 35.5. The van der Waals surface area contributed by atoms with E-state index in [-0.39, 0.29) is 5.91 Å². The van der Waals surface area contributed by atoms with E-state index in [0.717, 1.165) is 24.9 Å². The second-order valence-corrected chi connectivity index (χ2v) is 5.49. The fourth-order valence-corrected chi connectivity index (χ4v) is 2.67. The molecule has 4 heteroatoms. The second-order valence-electron chi connectivity index (χ2n) is 4.87. The molecule has 0 unspecified atom stereocenters. The predicted octanol–water partition coefficient (Wildman–Crippen LogP) is 2.48. The van der Waals surface area contributed by atoms with Crippen LogP contribution >= 0.6 is 11.6 Å². The molecule has 1 heterocycles. The first-order valence-electron chi connectivity index (χ1n) is 5.87. The molecule has 17 heavy (non-hydrogen) atoms. The number of alkyl halides is 1. The van der Waals surface area contributed by atoms with Gasteiger partial charge < -0.3 is 4.90 Å². The largest absolute Gasteiger partial charge is 0.341 e. The van der Waals surface area contributed by atoms with E-state index in [1.807, 2.05) is 20.0 Å². The SMILES string of the molecule is Cc1cncc(C(=O)N(C)CC2CC(Cl)C2)c1. The number of hydrogen-bond acceptors (Lipinski definition) is 2. The third-order valence-corrected chi connectivity index (χ3v) is 3.54. The van der Waals surface area contributed by atoms with E-state index < -0.39 is 0 Å². The van der Waals surface area contributed by atoms with Gasteiger partial charge in [0.2, 0.25) is 0 Å². The van der Waals surface area contributed by atoms with E-state index in [9.17, 15) is 4.79 Å². The highest BCUT2D eigenvalue weighted by Crippen LogP contribution is 2.32. The zero-order chi connectivity index (χ0) is 12.4. The van der Waals surface area contributed by atoms with Crippen LogP contribution in [0.15, 0.2) is 18.5 Å². The third-order valence-electron chi connectivity index (χ3n) is 3.18. The maximum atomic E-state index is 12.1. The molecule has 0 bridgehead atoms. The highest BCUT2D eigenvalue weighted by Gasteiger charge is 2.29. The Morgan fingerprint density at radius 2 is 2.24 bits per heavy atom. The van der Waals surface area contributed by atoms with E-state index in [1.165, 1.54) is 0 Å². The van der Waals surface area contributed by atoms with E-state index in [0.29, 0.717) is 16.9 Å². The van der Waals surface area contributed by atoms with E-state index in [4.69, 9.17) is 11.6 Å². The number of nitrogens with zero attached hydrogens (tertiary/aromatic N) is 2. The van der Waals surface area contributed by atoms with Crippen molar-refractivity contribution in [1.82, 2.24) is 9.88 Å². The molecule has 1 aromatic heterocycles. The van der Waals surface area contributed by atoms with Crippen LogP contribution in [0.5, 0.6) is 0 Å². The van der Waals surface area contributed by atoms with Crippen LogP contribution in [-0.4, -0.2) is 34.8 Å². The minimum Gasteiger partial charge on any atom is -0.341 e. The molecule has 0 N–H and O–H groups in total. The summed E-state index contributed by atoms with van der Waals surface area (Å²) in [5.74, 6) is 0.600. The van der Waals surface area contributed by atoms with Gasteiger partial charge in [0.25, 0.3) is 5.91 Å². The molecule has 2 rings (SSSR count). The van der Waals surface area contributed by atoms with Gasteiger partial charge in [0.15, 0.2) is 0 Å². The summed E-state index contributed by atoms with van der Waals surface area (Å²) < 4.78 is 0. The number of rotatable bonds is 3. The molecule has 1 fully saturated rings. The molecule has 92 valence electrons. The van der Waals surface area contributed by atoms with Crippen LogP contribution in [0.25, 0.3) is 0 Å². The Labute approximate surface area is 107 Å². The molecule has 1 aliphatic carbocycles. The molecule has 0 aliphatic heterocycles. The summed E-state index contributed by atoms with van der Waals surface area (Å²) in [6, 6.07) is 1.87. The number of aryl methyl sites for hydroxylation is 1. The predicted molar refractivity (Wildman–Crippen MR) is 68.3 cm³/mol. The molecule has 0 spiro atoms. The van der Waals surface area contributed by atoms with Gasteiger partial charge >= 0.3 is 0 Å². The number of amides is 1. The fourth-order valence-electron chi connectivity index (χ4n) is 2.17. The van der Waals surface area contributed by atoms with Crippen molar-refractivity contribution in [2.45, 2.75) is 25.1 Å². The first kappa shape index (κ1) is 12.4. The average molecular weight is 253 g/mol. The number of hydrogen-bond donors (Lipinski definition) is 0. The number of carbonyl (C=O) groups is 1. The monoisotopic (exact) mass is 252 g/mol. The normalized spacial score (nSPS) is 23.0. The first-order chi connectivity index (χ1) is 8.06. The van der Waals surface area contributed by atoms with Crippen molar-refractivity contribution in [3.8, 4) is 0 Å². The molecule has 0 saturated heterocycles. The molecule has 1 aliphatic rings. The average Bonchev–Trinajstić information content (AvgIpc) is 2.26. The van der Waals surface area contributed by atoms with E-state index in [2.05, 4.69) is 4.98 Å². The summed E-state index contributed by atoms with van der Waals surface area (Å²) >= 11 is 5.93. The van der Waals surface area contributed by atoms with E-state index in [1.54, 1.807) is 17.3 Å². The highest BCUT2D eigenvalue weighted by molar-refractivity contribution is 6.21. The quantitative estimate of drug-likeness (QED) is 0.775. The van der Waals surface area contributed by atoms with Crippen molar-refractivity contribution in [2.24, 2.45) is 5.92 Å². The van der Waals surface area contributed by atoms with Gasteiger partial charge in [0.1, 0.15) is 0 Å². The summed E-state index contributed by atoms with van der Waals surface area (Å²) in [5.41, 5.74) is 1.67. The van der Waals surface area contributed by atoms with Gasteiger partial charge in [-0.05, 0) is 37.3 Å². The first-order valence-corrected chi connectivity index (χ1v) is 6.31. The number of halogens is 1. The zero-order valence-electron chi connectivity index (χ0n) is 10.2. The van der Waals surface area contributed by atoms with Crippen LogP contribution in [0.1, 0.15) is 28.8 Å². The van der Waals surface area contributed by atoms with Crippen molar-refractivity contribution in [1.29, 1.82) is 0 Å². The Morgan fingerprint density at radius 1 is 1.53 bits per heavy atom. The van der Waals surface area contributed by atoms with Crippen LogP contribution in [-0.2, 0) is 0 Å². The van der Waals surface area contributed by atoms with Crippen molar-refractivity contribution >= 4 is 17.5 Å². The second kappa shape index (κ2) is 5.05. The Morgan fingerprint density at radius 3 is 2.82 bits per heavy atom. The maximum absolute atomic E-state index is 12.1. The molecular weight excluding hydrogens is 236 g/mol. The topological polar surface area (TPSA) is 33.2 Å². The van der Waals surface area contributed by atoms with Crippen molar-refractivity contribution in [3.05, 3.63) is 29.6 Å². The minimum atomic E-state index is 0.0409. The maximum Gasteiger partial charge on any atom is 0.255 e. The number of pyridine rings is 1. The van der Waals surface area contributed by atoms with Crippen LogP contribution in [0, 0.1) is 12.8 Å². The van der Waals surface area contributed by atoms with Gasteiger partial charge in [-0.15, -0.1) is 11.6 Å². The van der Waals surface area contributed by atoms with Crippen molar-refractivity contribution < 1.29 is 4.79 Å². The van der Waals surface area contributed by atoms with Gasteiger partial charge in [-0.25, -0.2) is 0 Å². The lowest BCUT2D eigenvalue weighted by Gasteiger charge is -2.34. The standard InChI is InChI=1S/C13H17ClN2O/c1-9-3-11(7-15-6-9)13(17)16(2)8-10-4-12(14)5-10/h3,6-7,10,12H,4-5,8H2,1-2H3. The lowest BCUT2D eigenvalue weighted by Crippen LogP contribution is -2.37. The Bertz CT molecular complexity index is 416. The van der Waals surface area contributed by atoms with Crippen LogP contribution in [0.2, 0.25) is 0 Å². The Balaban J connectivity index is 1.95. The Kier molecular flexibility index (Phi) is 3.67. The molecule has 0 radical (unpaired) electrons. The summed E-state index contributed by atoms with van der Waals surface area (Å²) in [7, 11) is 1.84. The van der Waals surface area contributed by atoms with Crippen LogP contribution in [0.3, 0.4) is 0 Å². The molecule has 0 atom stereocenters. The van der Waals surface area contributed by atoms with E-state index >= 15 is 0 Å². The molecule has 1 saturated carbocycles. The molecule has 0 aromatic carbocycles. The van der Waals surface area contributed by atoms with Crippen LogP contribution in [0.4, 0.5) is 0 Å². The fraction of sp³-hybridized carbons (Fsp3) is 0.538. The molecule has 1 amide bonds. The number of aromatic nitrogens is 1. The molecule has 1 aromatic rings. The van der Waals surface area contributed by atoms with Crippen LogP contribution < -0.4 is 0 Å². The molecular formula is C13H17ClN2O. The van der Waals surface area contributed by atoms with Crippen molar-refractivity contribution in [3.63, 3.8) is 0 Å². The van der Waals surface area contributed by atoms with Gasteiger partial charge in [-0.3, -0.25) is 9.78 Å². The minimum absolute atomic E-state index is 0.0409. The lowest BCUT2D eigenvalue weighted by molar-refractivity contribution is 0.0746. The molecule has 3 nitrogen and oxygen atoms in total. The Hall–Kier alpha value is -1.09. The van der Waals surface area contributed by atoms with Gasteiger partial charge in [-0.1, -0.05) is 0 Å². The van der Waals surface area contributed by atoms with Crippen molar-refractivity contribution in [2.75, 3.05) is 13.6 Å². The van der Waals surface area contributed by atoms with Gasteiger partial charge in [0, 0.05) is 31.4 Å². The third kappa shape index (κ3) is 2.97. The summed E-state index contributed by atoms with van der Waals surface area (Å²) in [6.45, 7) is 2.73. The lowest BCUT2D eigenvalue weighted by atomic mass is 9.84. The van der Waals surface area contributed by atoms with Gasteiger partial charge in [-0.2, -0.15) is 0 Å². The smallest absolute Gasteiger partial charge is 0.255 e. The zero-order valence-corrected chi connectivity index (χ0v) is 10.9. The summed E-state index contributed by atoms with van der Waals surface area (Å²) in [6.07, 6.45) is 5.41.